The first-order chi connectivity index (χ1) is 12.4. The average Bonchev–Trinajstić information content (AvgIpc) is 2.65. The fraction of sp³-hybridized carbons (Fsp3) is 0.417. The molecule has 2 atom stereocenters. The Bertz CT molecular complexity index is 633. The molecule has 0 aromatic heterocycles. The molecular formula is C24H34OSi. The summed E-state index contributed by atoms with van der Waals surface area (Å²) >= 11 is 0. The van der Waals surface area contributed by atoms with Crippen LogP contribution in [0.2, 0.25) is 10.6 Å². The Labute approximate surface area is 160 Å². The molecule has 0 bridgehead atoms. The number of aliphatic hydroxyl groups excluding tert-OH is 1. The third-order valence-corrected chi connectivity index (χ3v) is 12.3. The van der Waals surface area contributed by atoms with Crippen LogP contribution in [0.5, 0.6) is 0 Å². The van der Waals surface area contributed by atoms with Gasteiger partial charge >= 0.3 is 0 Å². The van der Waals surface area contributed by atoms with E-state index in [1.54, 1.807) is 6.08 Å². The Balaban J connectivity index is 2.83. The topological polar surface area (TPSA) is 20.2 Å². The van der Waals surface area contributed by atoms with Crippen LogP contribution in [0.3, 0.4) is 0 Å². The van der Waals surface area contributed by atoms with Gasteiger partial charge in [0.15, 0.2) is 0 Å². The van der Waals surface area contributed by atoms with E-state index in [9.17, 15) is 5.11 Å². The summed E-state index contributed by atoms with van der Waals surface area (Å²) < 4.78 is 0. The maximum atomic E-state index is 11.1. The Kier molecular flexibility index (Phi) is 7.02. The van der Waals surface area contributed by atoms with Gasteiger partial charge in [0.05, 0.1) is 6.10 Å². The summed E-state index contributed by atoms with van der Waals surface area (Å²) in [5.74, 6) is 0. The minimum Gasteiger partial charge on any atom is -0.389 e. The maximum absolute atomic E-state index is 11.1. The van der Waals surface area contributed by atoms with E-state index in [4.69, 9.17) is 0 Å². The van der Waals surface area contributed by atoms with Crippen LogP contribution in [-0.4, -0.2) is 19.3 Å². The van der Waals surface area contributed by atoms with Gasteiger partial charge in [0.25, 0.3) is 0 Å². The van der Waals surface area contributed by atoms with Crippen LogP contribution in [-0.2, 0) is 0 Å². The van der Waals surface area contributed by atoms with Gasteiger partial charge in [-0.1, -0.05) is 118 Å². The highest BCUT2D eigenvalue weighted by Crippen LogP contribution is 2.46. The highest BCUT2D eigenvalue weighted by atomic mass is 28.3. The van der Waals surface area contributed by atoms with Crippen LogP contribution in [0.1, 0.15) is 47.0 Å². The molecular weight excluding hydrogens is 332 g/mol. The van der Waals surface area contributed by atoms with Gasteiger partial charge in [-0.15, -0.1) is 6.58 Å². The third-order valence-electron chi connectivity index (χ3n) is 5.72. The summed E-state index contributed by atoms with van der Waals surface area (Å²) in [6, 6.07) is 21.8. The number of rotatable bonds is 8. The van der Waals surface area contributed by atoms with Crippen molar-refractivity contribution < 1.29 is 5.11 Å². The zero-order chi connectivity index (χ0) is 19.2. The van der Waals surface area contributed by atoms with Gasteiger partial charge < -0.3 is 5.11 Å². The molecule has 0 heterocycles. The van der Waals surface area contributed by atoms with E-state index in [1.807, 2.05) is 0 Å². The summed E-state index contributed by atoms with van der Waals surface area (Å²) in [6.45, 7) is 13.2. The van der Waals surface area contributed by atoms with E-state index in [0.29, 0.717) is 0 Å². The molecule has 0 aliphatic heterocycles. The second-order valence-electron chi connectivity index (χ2n) is 8.27. The molecule has 140 valence electrons. The smallest absolute Gasteiger partial charge is 0.129 e. The molecule has 2 rings (SSSR count). The summed E-state index contributed by atoms with van der Waals surface area (Å²) in [5, 5.41) is 13.9. The van der Waals surface area contributed by atoms with Gasteiger partial charge in [0, 0.05) is 0 Å². The number of hydrogen-bond donors (Lipinski definition) is 1. The van der Waals surface area contributed by atoms with Crippen LogP contribution in [0.4, 0.5) is 0 Å². The Hall–Kier alpha value is -1.64. The van der Waals surface area contributed by atoms with E-state index < -0.39 is 14.2 Å². The molecule has 2 heteroatoms. The predicted octanol–water partition coefficient (Wildman–Crippen LogP) is 5.16. The van der Waals surface area contributed by atoms with E-state index in [2.05, 4.69) is 94.9 Å². The second-order valence-corrected chi connectivity index (χ2v) is 13.3. The van der Waals surface area contributed by atoms with Crippen molar-refractivity contribution in [2.45, 2.75) is 63.6 Å². The minimum absolute atomic E-state index is 0.0537. The molecule has 0 radical (unpaired) electrons. The van der Waals surface area contributed by atoms with Crippen molar-refractivity contribution in [1.29, 1.82) is 0 Å². The summed E-state index contributed by atoms with van der Waals surface area (Å²) in [6.07, 6.45) is 4.54. The number of unbranched alkanes of at least 4 members (excludes halogenated alkanes) is 1. The lowest BCUT2D eigenvalue weighted by Gasteiger charge is -2.50. The highest BCUT2D eigenvalue weighted by Gasteiger charge is 2.54. The molecule has 0 unspecified atom stereocenters. The first-order valence-electron chi connectivity index (χ1n) is 9.81. The summed E-state index contributed by atoms with van der Waals surface area (Å²) in [7, 11) is -2.32. The Morgan fingerprint density at radius 2 is 1.42 bits per heavy atom. The van der Waals surface area contributed by atoms with E-state index >= 15 is 0 Å². The Morgan fingerprint density at radius 1 is 0.962 bits per heavy atom. The fourth-order valence-corrected chi connectivity index (χ4v) is 11.4. The minimum atomic E-state index is -2.32. The van der Waals surface area contributed by atoms with E-state index in [0.717, 1.165) is 19.3 Å². The quantitative estimate of drug-likeness (QED) is 0.505. The number of benzene rings is 2. The average molecular weight is 367 g/mol. The van der Waals surface area contributed by atoms with Gasteiger partial charge in [-0.05, 0) is 17.0 Å². The Morgan fingerprint density at radius 3 is 1.77 bits per heavy atom. The molecule has 0 saturated heterocycles. The molecule has 2 aromatic carbocycles. The second kappa shape index (κ2) is 8.83. The third kappa shape index (κ3) is 3.87. The van der Waals surface area contributed by atoms with Crippen molar-refractivity contribution in [2.24, 2.45) is 0 Å². The van der Waals surface area contributed by atoms with E-state index in [1.165, 1.54) is 10.4 Å². The van der Waals surface area contributed by atoms with Crippen molar-refractivity contribution in [3.63, 3.8) is 0 Å². The van der Waals surface area contributed by atoms with Gasteiger partial charge in [0.2, 0.25) is 0 Å². The van der Waals surface area contributed by atoms with E-state index in [-0.39, 0.29) is 10.6 Å². The molecule has 0 saturated carbocycles. The largest absolute Gasteiger partial charge is 0.389 e. The summed E-state index contributed by atoms with van der Waals surface area (Å²) in [5.41, 5.74) is 0.199. The number of hydrogen-bond acceptors (Lipinski definition) is 1. The van der Waals surface area contributed by atoms with Crippen LogP contribution >= 0.6 is 0 Å². The van der Waals surface area contributed by atoms with Gasteiger partial charge in [-0.3, -0.25) is 0 Å². The van der Waals surface area contributed by atoms with Gasteiger partial charge in [0.1, 0.15) is 8.07 Å². The molecule has 0 aliphatic carbocycles. The maximum Gasteiger partial charge on any atom is 0.129 e. The standard InChI is InChI=1S/C24H34OSi/c1-6-8-19-23(22(25)7-2)26(24(3,4)5,20-15-11-9-12-16-20)21-17-13-10-14-18-21/h7,9-18,22-23,25H,2,6,8,19H2,1,3-5H3/t22-,23+/m1/s1. The molecule has 0 aliphatic rings. The predicted molar refractivity (Wildman–Crippen MR) is 117 cm³/mol. The van der Waals surface area contributed by atoms with Crippen LogP contribution in [0.15, 0.2) is 73.3 Å². The van der Waals surface area contributed by atoms with Crippen LogP contribution in [0, 0.1) is 0 Å². The molecule has 26 heavy (non-hydrogen) atoms. The monoisotopic (exact) mass is 366 g/mol. The molecule has 1 N–H and O–H groups in total. The van der Waals surface area contributed by atoms with Gasteiger partial charge in [-0.2, -0.15) is 0 Å². The van der Waals surface area contributed by atoms with Gasteiger partial charge in [-0.25, -0.2) is 0 Å². The van der Waals surface area contributed by atoms with Crippen molar-refractivity contribution in [2.75, 3.05) is 0 Å². The molecule has 2 aromatic rings. The first-order valence-corrected chi connectivity index (χ1v) is 11.9. The normalized spacial score (nSPS) is 14.7. The zero-order valence-corrected chi connectivity index (χ0v) is 17.8. The van der Waals surface area contributed by atoms with Crippen molar-refractivity contribution >= 4 is 18.4 Å². The zero-order valence-electron chi connectivity index (χ0n) is 16.8. The van der Waals surface area contributed by atoms with Crippen molar-refractivity contribution in [3.05, 3.63) is 73.3 Å². The lowest BCUT2D eigenvalue weighted by Crippen LogP contribution is -2.68. The molecule has 1 nitrogen and oxygen atoms in total. The lowest BCUT2D eigenvalue weighted by atomic mass is 10.1. The molecule has 0 spiro atoms. The SMILES string of the molecule is C=C[C@@H](O)[C@H](CCCC)[Si](c1ccccc1)(c1ccccc1)C(C)(C)C. The highest BCUT2D eigenvalue weighted by molar-refractivity contribution is 7.05. The summed E-state index contributed by atoms with van der Waals surface area (Å²) in [4.78, 5) is 0. The fourth-order valence-electron chi connectivity index (χ4n) is 4.65. The van der Waals surface area contributed by atoms with Crippen molar-refractivity contribution in [3.8, 4) is 0 Å². The lowest BCUT2D eigenvalue weighted by molar-refractivity contribution is 0.204. The van der Waals surface area contributed by atoms with Crippen LogP contribution < -0.4 is 10.4 Å². The van der Waals surface area contributed by atoms with Crippen LogP contribution in [0.25, 0.3) is 0 Å². The molecule has 0 fully saturated rings. The number of aliphatic hydroxyl groups is 1. The molecule has 0 amide bonds. The first kappa shape index (κ1) is 20.7. The van der Waals surface area contributed by atoms with Crippen molar-refractivity contribution in [1.82, 2.24) is 0 Å².